The van der Waals surface area contributed by atoms with E-state index < -0.39 is 5.91 Å². The second kappa shape index (κ2) is 10.1. The molecule has 0 aliphatic heterocycles. The third-order valence-corrected chi connectivity index (χ3v) is 6.25. The van der Waals surface area contributed by atoms with Crippen LogP contribution in [0.5, 0.6) is 0 Å². The molecular weight excluding hydrogens is 480 g/mol. The van der Waals surface area contributed by atoms with Crippen LogP contribution < -0.4 is 21.7 Å². The van der Waals surface area contributed by atoms with Gasteiger partial charge in [0.2, 0.25) is 5.91 Å². The summed E-state index contributed by atoms with van der Waals surface area (Å²) < 4.78 is 5.27. The monoisotopic (exact) mass is 504 g/mol. The van der Waals surface area contributed by atoms with Crippen molar-refractivity contribution in [1.29, 1.82) is 0 Å². The van der Waals surface area contributed by atoms with E-state index in [1.165, 1.54) is 18.0 Å². The molecule has 36 heavy (non-hydrogen) atoms. The van der Waals surface area contributed by atoms with Crippen LogP contribution in [0.15, 0.2) is 63.2 Å². The minimum atomic E-state index is -0.465. The molecule has 5 rings (SSSR count). The molecule has 1 aliphatic carbocycles. The predicted molar refractivity (Wildman–Crippen MR) is 135 cm³/mol. The van der Waals surface area contributed by atoms with Crippen molar-refractivity contribution < 1.29 is 14.0 Å². The van der Waals surface area contributed by atoms with Gasteiger partial charge >= 0.3 is 0 Å². The summed E-state index contributed by atoms with van der Waals surface area (Å²) in [6.07, 6.45) is 3.42. The molecule has 0 unspecified atom stereocenters. The smallest absolute Gasteiger partial charge is 0.272 e. The molecule has 4 aromatic rings. The Balaban J connectivity index is 1.37. The number of H-pyrrole nitrogens is 1. The highest BCUT2D eigenvalue weighted by Gasteiger charge is 2.29. The molecule has 12 heteroatoms. The molecule has 2 amide bonds. The fourth-order valence-corrected chi connectivity index (χ4v) is 4.09. The normalized spacial score (nSPS) is 12.8. The van der Waals surface area contributed by atoms with Crippen LogP contribution >= 0.6 is 11.8 Å². The molecule has 184 valence electrons. The first-order valence-corrected chi connectivity index (χ1v) is 12.1. The zero-order chi connectivity index (χ0) is 25.1. The van der Waals surface area contributed by atoms with E-state index >= 15 is 0 Å². The molecule has 0 saturated heterocycles. The summed E-state index contributed by atoms with van der Waals surface area (Å²) in [5, 5.41) is 16.0. The summed E-state index contributed by atoms with van der Waals surface area (Å²) in [4.78, 5) is 34.7. The highest BCUT2D eigenvalue weighted by atomic mass is 32.2. The Morgan fingerprint density at radius 3 is 2.67 bits per heavy atom. The lowest BCUT2D eigenvalue weighted by Crippen LogP contribution is -2.25. The number of nitrogen functional groups attached to an aromatic ring is 1. The van der Waals surface area contributed by atoms with Crippen LogP contribution in [-0.4, -0.2) is 32.0 Å². The van der Waals surface area contributed by atoms with Gasteiger partial charge in [0.1, 0.15) is 11.4 Å². The van der Waals surface area contributed by atoms with Gasteiger partial charge < -0.3 is 26.1 Å². The van der Waals surface area contributed by atoms with Gasteiger partial charge in [0.25, 0.3) is 5.91 Å². The number of carbonyl (C=O) groups excluding carboxylic acids is 2. The molecule has 1 aliphatic rings. The standard InChI is InChI=1S/C24H24N8O3S/c1-13-11-18(32-31-13)28-21-19(25)20(23(34)26-12-16-3-2-10-35-16)29-24(30-21)36-17-8-6-15(7-9-17)27-22(33)14-4-5-14/h2-3,6-11,14H,4-5,12,25H2,1H3,(H,26,34)(H,27,33)(H2,28,29,30,31,32). The van der Waals surface area contributed by atoms with Crippen LogP contribution in [0, 0.1) is 12.8 Å². The Hall–Kier alpha value is -4.32. The number of amides is 2. The largest absolute Gasteiger partial charge is 0.467 e. The van der Waals surface area contributed by atoms with E-state index in [0.717, 1.165) is 29.1 Å². The molecule has 0 atom stereocenters. The molecule has 0 spiro atoms. The van der Waals surface area contributed by atoms with Crippen molar-refractivity contribution >= 4 is 46.6 Å². The first-order valence-electron chi connectivity index (χ1n) is 11.3. The van der Waals surface area contributed by atoms with Gasteiger partial charge in [-0.3, -0.25) is 14.7 Å². The van der Waals surface area contributed by atoms with Crippen molar-refractivity contribution in [1.82, 2.24) is 25.5 Å². The minimum Gasteiger partial charge on any atom is -0.467 e. The van der Waals surface area contributed by atoms with E-state index in [4.69, 9.17) is 10.2 Å². The molecule has 3 heterocycles. The van der Waals surface area contributed by atoms with Crippen molar-refractivity contribution in [3.05, 3.63) is 65.9 Å². The average molecular weight is 505 g/mol. The molecule has 1 saturated carbocycles. The van der Waals surface area contributed by atoms with Crippen molar-refractivity contribution in [3.63, 3.8) is 0 Å². The molecule has 0 radical (unpaired) electrons. The number of hydrogen-bond donors (Lipinski definition) is 5. The van der Waals surface area contributed by atoms with Gasteiger partial charge in [-0.25, -0.2) is 9.97 Å². The van der Waals surface area contributed by atoms with Gasteiger partial charge in [0, 0.05) is 28.3 Å². The summed E-state index contributed by atoms with van der Waals surface area (Å²) in [7, 11) is 0. The number of benzene rings is 1. The zero-order valence-electron chi connectivity index (χ0n) is 19.4. The number of aromatic amines is 1. The SMILES string of the molecule is Cc1cc(Nc2nc(Sc3ccc(NC(=O)C4CC4)cc3)nc(C(=O)NCc3ccco3)c2N)n[nH]1. The van der Waals surface area contributed by atoms with E-state index in [9.17, 15) is 9.59 Å². The Kier molecular flexibility index (Phi) is 6.58. The van der Waals surface area contributed by atoms with E-state index in [2.05, 4.69) is 36.1 Å². The summed E-state index contributed by atoms with van der Waals surface area (Å²) in [6, 6.07) is 12.6. The molecule has 6 N–H and O–H groups in total. The fourth-order valence-electron chi connectivity index (χ4n) is 3.33. The number of carbonyl (C=O) groups is 2. The lowest BCUT2D eigenvalue weighted by molar-refractivity contribution is -0.117. The van der Waals surface area contributed by atoms with Crippen LogP contribution in [-0.2, 0) is 11.3 Å². The third kappa shape index (κ3) is 5.66. The van der Waals surface area contributed by atoms with Gasteiger partial charge in [-0.15, -0.1) is 0 Å². The van der Waals surface area contributed by atoms with Crippen LogP contribution in [0.2, 0.25) is 0 Å². The fraction of sp³-hybridized carbons (Fsp3) is 0.208. The number of aryl methyl sites for hydroxylation is 1. The van der Waals surface area contributed by atoms with Gasteiger partial charge in [-0.1, -0.05) is 0 Å². The van der Waals surface area contributed by atoms with E-state index in [1.807, 2.05) is 31.2 Å². The second-order valence-corrected chi connectivity index (χ2v) is 9.37. The zero-order valence-corrected chi connectivity index (χ0v) is 20.2. The van der Waals surface area contributed by atoms with Gasteiger partial charge in [-0.2, -0.15) is 5.10 Å². The molecule has 1 fully saturated rings. The first-order chi connectivity index (χ1) is 17.4. The Morgan fingerprint density at radius 2 is 2.00 bits per heavy atom. The Labute approximate surface area is 210 Å². The minimum absolute atomic E-state index is 0.0298. The van der Waals surface area contributed by atoms with E-state index in [0.29, 0.717) is 16.7 Å². The Bertz CT molecular complexity index is 1380. The van der Waals surface area contributed by atoms with E-state index in [1.54, 1.807) is 18.2 Å². The maximum absolute atomic E-state index is 13.0. The number of nitrogens with zero attached hydrogens (tertiary/aromatic N) is 3. The summed E-state index contributed by atoms with van der Waals surface area (Å²) >= 11 is 1.26. The molecular formula is C24H24N8O3S. The number of anilines is 4. The number of aromatic nitrogens is 4. The van der Waals surface area contributed by atoms with Crippen molar-refractivity contribution in [2.75, 3.05) is 16.4 Å². The van der Waals surface area contributed by atoms with Gasteiger partial charge in [0.15, 0.2) is 22.5 Å². The molecule has 11 nitrogen and oxygen atoms in total. The topological polar surface area (TPSA) is 164 Å². The predicted octanol–water partition coefficient (Wildman–Crippen LogP) is 3.86. The summed E-state index contributed by atoms with van der Waals surface area (Å²) in [5.41, 5.74) is 7.99. The first kappa shape index (κ1) is 23.4. The quantitative estimate of drug-likeness (QED) is 0.213. The number of nitrogens with one attached hydrogen (secondary N) is 4. The van der Waals surface area contributed by atoms with Crippen molar-refractivity contribution in [2.45, 2.75) is 36.4 Å². The third-order valence-electron chi connectivity index (χ3n) is 5.38. The van der Waals surface area contributed by atoms with Crippen molar-refractivity contribution in [3.8, 4) is 0 Å². The lowest BCUT2D eigenvalue weighted by Gasteiger charge is -2.12. The van der Waals surface area contributed by atoms with Crippen LogP contribution in [0.25, 0.3) is 0 Å². The maximum Gasteiger partial charge on any atom is 0.272 e. The number of rotatable bonds is 9. The van der Waals surface area contributed by atoms with Crippen LogP contribution in [0.4, 0.5) is 23.0 Å². The highest BCUT2D eigenvalue weighted by molar-refractivity contribution is 7.99. The maximum atomic E-state index is 13.0. The summed E-state index contributed by atoms with van der Waals surface area (Å²) in [5.74, 6) is 1.08. The lowest BCUT2D eigenvalue weighted by atomic mass is 10.3. The Morgan fingerprint density at radius 1 is 1.19 bits per heavy atom. The van der Waals surface area contributed by atoms with Crippen LogP contribution in [0.1, 0.15) is 34.8 Å². The molecule has 1 aromatic carbocycles. The van der Waals surface area contributed by atoms with Gasteiger partial charge in [0.05, 0.1) is 12.8 Å². The van der Waals surface area contributed by atoms with E-state index in [-0.39, 0.29) is 35.6 Å². The highest BCUT2D eigenvalue weighted by Crippen LogP contribution is 2.32. The number of hydrogen-bond acceptors (Lipinski definition) is 9. The number of nitrogens with two attached hydrogens (primary N) is 1. The average Bonchev–Trinajstić information content (AvgIpc) is 3.44. The second-order valence-electron chi connectivity index (χ2n) is 8.33. The summed E-state index contributed by atoms with van der Waals surface area (Å²) in [6.45, 7) is 2.06. The number of furan rings is 1. The molecule has 3 aromatic heterocycles. The van der Waals surface area contributed by atoms with Crippen molar-refractivity contribution in [2.24, 2.45) is 5.92 Å². The van der Waals surface area contributed by atoms with Crippen LogP contribution in [0.3, 0.4) is 0 Å². The molecule has 0 bridgehead atoms. The van der Waals surface area contributed by atoms with Gasteiger partial charge in [-0.05, 0) is 67.9 Å².